The average Bonchev–Trinajstić information content (AvgIpc) is 3.35. The molecule has 1 aliphatic rings. The molecule has 0 aromatic carbocycles. The van der Waals surface area contributed by atoms with E-state index < -0.39 is 0 Å². The minimum atomic E-state index is 0.714. The summed E-state index contributed by atoms with van der Waals surface area (Å²) in [7, 11) is 1.79. The lowest BCUT2D eigenvalue weighted by Gasteiger charge is -2.16. The molecule has 7 nitrogen and oxygen atoms in total. The third-order valence-corrected chi connectivity index (χ3v) is 4.34. The molecule has 0 spiro atoms. The first-order valence-corrected chi connectivity index (χ1v) is 8.97. The van der Waals surface area contributed by atoms with E-state index in [2.05, 4.69) is 42.7 Å². The van der Waals surface area contributed by atoms with E-state index in [1.807, 2.05) is 23.1 Å². The Morgan fingerprint density at radius 2 is 2.12 bits per heavy atom. The van der Waals surface area contributed by atoms with E-state index in [-0.39, 0.29) is 0 Å². The summed E-state index contributed by atoms with van der Waals surface area (Å²) < 4.78 is 1.94. The Hall–Kier alpha value is -2.57. The van der Waals surface area contributed by atoms with Crippen LogP contribution in [0.2, 0.25) is 0 Å². The van der Waals surface area contributed by atoms with Crippen LogP contribution in [0.25, 0.3) is 0 Å². The predicted molar refractivity (Wildman–Crippen MR) is 101 cm³/mol. The molecule has 1 saturated heterocycles. The van der Waals surface area contributed by atoms with Gasteiger partial charge in [0, 0.05) is 58.4 Å². The van der Waals surface area contributed by atoms with Crippen molar-refractivity contribution < 1.29 is 0 Å². The molecule has 0 bridgehead atoms. The lowest BCUT2D eigenvalue weighted by Crippen LogP contribution is -2.37. The number of nitrogens with zero attached hydrogens (tertiary/aromatic N) is 5. The molecule has 0 atom stereocenters. The highest BCUT2D eigenvalue weighted by molar-refractivity contribution is 5.79. The molecule has 0 unspecified atom stereocenters. The quantitative estimate of drug-likeness (QED) is 0.455. The Morgan fingerprint density at radius 1 is 1.24 bits per heavy atom. The monoisotopic (exact) mass is 341 g/mol. The summed E-state index contributed by atoms with van der Waals surface area (Å²) in [5.41, 5.74) is 1.16. The van der Waals surface area contributed by atoms with Crippen LogP contribution >= 0.6 is 0 Å². The largest absolute Gasteiger partial charge is 0.357 e. The van der Waals surface area contributed by atoms with Gasteiger partial charge in [0.15, 0.2) is 5.96 Å². The average molecular weight is 341 g/mol. The Morgan fingerprint density at radius 3 is 2.80 bits per heavy atom. The van der Waals surface area contributed by atoms with Crippen LogP contribution in [-0.4, -0.2) is 47.4 Å². The predicted octanol–water partition coefficient (Wildman–Crippen LogP) is 1.63. The minimum Gasteiger partial charge on any atom is -0.357 e. The standard InChI is InChI=1S/C18H27N7/c1-19-18(20-8-4-12-25-13-5-9-23-25)22-15-16-6-7-17(21-14-16)24-10-2-3-11-24/h5-7,9,13-14H,2-4,8,10-12,15H2,1H3,(H2,19,20,22). The lowest BCUT2D eigenvalue weighted by atomic mass is 10.3. The van der Waals surface area contributed by atoms with Crippen molar-refractivity contribution >= 4 is 11.8 Å². The Balaban J connectivity index is 1.38. The summed E-state index contributed by atoms with van der Waals surface area (Å²) in [6.07, 6.45) is 9.27. The third kappa shape index (κ3) is 5.20. The summed E-state index contributed by atoms with van der Waals surface area (Å²) in [6.45, 7) is 4.72. The number of guanidine groups is 1. The first-order chi connectivity index (χ1) is 12.3. The van der Waals surface area contributed by atoms with Crippen LogP contribution in [-0.2, 0) is 13.1 Å². The van der Waals surface area contributed by atoms with Gasteiger partial charge in [-0.2, -0.15) is 5.10 Å². The molecule has 2 N–H and O–H groups in total. The van der Waals surface area contributed by atoms with E-state index in [0.717, 1.165) is 49.9 Å². The van der Waals surface area contributed by atoms with E-state index in [9.17, 15) is 0 Å². The van der Waals surface area contributed by atoms with Crippen molar-refractivity contribution in [1.82, 2.24) is 25.4 Å². The molecule has 0 radical (unpaired) electrons. The number of hydrogen-bond donors (Lipinski definition) is 2. The maximum Gasteiger partial charge on any atom is 0.191 e. The maximum absolute atomic E-state index is 4.58. The second-order valence-corrected chi connectivity index (χ2v) is 6.19. The molecule has 1 aliphatic heterocycles. The molecular formula is C18H27N7. The highest BCUT2D eigenvalue weighted by Gasteiger charge is 2.12. The molecule has 7 heteroatoms. The minimum absolute atomic E-state index is 0.714. The van der Waals surface area contributed by atoms with Gasteiger partial charge in [-0.1, -0.05) is 6.07 Å². The number of aromatic nitrogens is 3. The number of rotatable bonds is 7. The summed E-state index contributed by atoms with van der Waals surface area (Å²) >= 11 is 0. The fourth-order valence-electron chi connectivity index (χ4n) is 2.94. The van der Waals surface area contributed by atoms with Gasteiger partial charge in [-0.25, -0.2) is 4.98 Å². The Labute approximate surface area is 149 Å². The molecule has 0 amide bonds. The van der Waals surface area contributed by atoms with Crippen molar-refractivity contribution in [3.05, 3.63) is 42.4 Å². The molecular weight excluding hydrogens is 314 g/mol. The molecule has 2 aromatic heterocycles. The molecule has 0 aliphatic carbocycles. The Bertz CT molecular complexity index is 643. The fraction of sp³-hybridized carbons (Fsp3) is 0.500. The van der Waals surface area contributed by atoms with Crippen LogP contribution in [0.1, 0.15) is 24.8 Å². The van der Waals surface area contributed by atoms with Crippen LogP contribution in [0.5, 0.6) is 0 Å². The number of nitrogens with one attached hydrogen (secondary N) is 2. The number of aryl methyl sites for hydroxylation is 1. The van der Waals surface area contributed by atoms with Gasteiger partial charge >= 0.3 is 0 Å². The van der Waals surface area contributed by atoms with Gasteiger partial charge in [-0.3, -0.25) is 9.67 Å². The Kier molecular flexibility index (Phi) is 6.25. The van der Waals surface area contributed by atoms with Crippen LogP contribution in [0.15, 0.2) is 41.8 Å². The van der Waals surface area contributed by atoms with E-state index >= 15 is 0 Å². The normalized spacial score (nSPS) is 14.8. The molecule has 25 heavy (non-hydrogen) atoms. The van der Waals surface area contributed by atoms with Crippen molar-refractivity contribution in [2.24, 2.45) is 4.99 Å². The SMILES string of the molecule is CN=C(NCCCn1cccn1)NCc1ccc(N2CCCC2)nc1. The van der Waals surface area contributed by atoms with Crippen LogP contribution in [0.4, 0.5) is 5.82 Å². The first kappa shape index (κ1) is 17.3. The van der Waals surface area contributed by atoms with Crippen molar-refractivity contribution in [1.29, 1.82) is 0 Å². The second kappa shape index (κ2) is 9.05. The van der Waals surface area contributed by atoms with E-state index in [1.54, 1.807) is 13.2 Å². The first-order valence-electron chi connectivity index (χ1n) is 8.97. The second-order valence-electron chi connectivity index (χ2n) is 6.19. The van der Waals surface area contributed by atoms with Gasteiger partial charge in [0.2, 0.25) is 0 Å². The zero-order valence-corrected chi connectivity index (χ0v) is 14.9. The topological polar surface area (TPSA) is 70.4 Å². The maximum atomic E-state index is 4.58. The van der Waals surface area contributed by atoms with Crippen molar-refractivity contribution in [3.8, 4) is 0 Å². The smallest absolute Gasteiger partial charge is 0.191 e. The van der Waals surface area contributed by atoms with Crippen LogP contribution in [0.3, 0.4) is 0 Å². The number of anilines is 1. The van der Waals surface area contributed by atoms with Gasteiger partial charge in [0.05, 0.1) is 0 Å². The fourth-order valence-corrected chi connectivity index (χ4v) is 2.94. The van der Waals surface area contributed by atoms with Crippen molar-refractivity contribution in [2.75, 3.05) is 31.6 Å². The van der Waals surface area contributed by atoms with Crippen molar-refractivity contribution in [2.45, 2.75) is 32.4 Å². The highest BCUT2D eigenvalue weighted by Crippen LogP contribution is 2.17. The molecule has 3 rings (SSSR count). The van der Waals surface area contributed by atoms with Gasteiger partial charge in [0.25, 0.3) is 0 Å². The third-order valence-electron chi connectivity index (χ3n) is 4.34. The van der Waals surface area contributed by atoms with E-state index in [1.165, 1.54) is 12.8 Å². The van der Waals surface area contributed by atoms with E-state index in [0.29, 0.717) is 6.54 Å². The molecule has 0 saturated carbocycles. The van der Waals surface area contributed by atoms with Crippen LogP contribution in [0, 0.1) is 0 Å². The van der Waals surface area contributed by atoms with Gasteiger partial charge in [-0.05, 0) is 37.0 Å². The lowest BCUT2D eigenvalue weighted by molar-refractivity contribution is 0.570. The van der Waals surface area contributed by atoms with E-state index in [4.69, 9.17) is 0 Å². The zero-order chi connectivity index (χ0) is 17.3. The van der Waals surface area contributed by atoms with Crippen LogP contribution < -0.4 is 15.5 Å². The summed E-state index contributed by atoms with van der Waals surface area (Å²) in [6, 6.07) is 6.19. The van der Waals surface area contributed by atoms with Gasteiger partial charge < -0.3 is 15.5 Å². The number of hydrogen-bond acceptors (Lipinski definition) is 4. The number of aliphatic imine (C=N–C) groups is 1. The molecule has 1 fully saturated rings. The zero-order valence-electron chi connectivity index (χ0n) is 14.9. The molecule has 134 valence electrons. The summed E-state index contributed by atoms with van der Waals surface area (Å²) in [5.74, 6) is 1.89. The molecule has 2 aromatic rings. The molecule has 3 heterocycles. The number of pyridine rings is 1. The summed E-state index contributed by atoms with van der Waals surface area (Å²) in [4.78, 5) is 11.2. The van der Waals surface area contributed by atoms with Crippen molar-refractivity contribution in [3.63, 3.8) is 0 Å². The van der Waals surface area contributed by atoms with Gasteiger partial charge in [0.1, 0.15) is 5.82 Å². The summed E-state index contributed by atoms with van der Waals surface area (Å²) in [5, 5.41) is 10.9. The van der Waals surface area contributed by atoms with Gasteiger partial charge in [-0.15, -0.1) is 0 Å². The highest BCUT2D eigenvalue weighted by atomic mass is 15.3.